The van der Waals surface area contributed by atoms with Crippen LogP contribution in [0, 0.1) is 5.92 Å². The van der Waals surface area contributed by atoms with E-state index < -0.39 is 0 Å². The standard InChI is InChI=1S/C22H29N5OS/c1-5-26(6-2)16-10-8-15(9-11-16)20-19-17(12-14(4)13-18(19)28)23-21-24-22(29-7-3)25-27(20)21/h8-11,14,20H,5-7,12-13H2,1-4H3,(H,23,24,25)/t14-,20+/m0/s1. The van der Waals surface area contributed by atoms with Gasteiger partial charge in [-0.15, -0.1) is 5.10 Å². The van der Waals surface area contributed by atoms with Gasteiger partial charge in [0.2, 0.25) is 11.1 Å². The predicted molar refractivity (Wildman–Crippen MR) is 119 cm³/mol. The topological polar surface area (TPSA) is 63.1 Å². The number of fused-ring (bicyclic) bond motifs is 1. The van der Waals surface area contributed by atoms with Gasteiger partial charge in [-0.05, 0) is 49.6 Å². The molecule has 2 aliphatic rings. The third-order valence-electron chi connectivity index (χ3n) is 5.72. The summed E-state index contributed by atoms with van der Waals surface area (Å²) in [4.78, 5) is 20.1. The van der Waals surface area contributed by atoms with Gasteiger partial charge in [-0.1, -0.05) is 37.7 Å². The molecule has 154 valence electrons. The molecule has 1 aromatic carbocycles. The number of carbonyl (C=O) groups excluding carboxylic acids is 1. The number of rotatable bonds is 6. The average Bonchev–Trinajstić information content (AvgIpc) is 3.10. The Balaban J connectivity index is 1.79. The number of aromatic nitrogens is 3. The molecule has 0 saturated carbocycles. The third-order valence-corrected chi connectivity index (χ3v) is 6.44. The molecule has 6 nitrogen and oxygen atoms in total. The van der Waals surface area contributed by atoms with Crippen molar-refractivity contribution in [3.8, 4) is 0 Å². The summed E-state index contributed by atoms with van der Waals surface area (Å²) in [6, 6.07) is 8.36. The Morgan fingerprint density at radius 2 is 1.90 bits per heavy atom. The number of anilines is 2. The summed E-state index contributed by atoms with van der Waals surface area (Å²) in [5.41, 5.74) is 4.15. The Hall–Kier alpha value is -2.28. The molecular weight excluding hydrogens is 382 g/mol. The van der Waals surface area contributed by atoms with Gasteiger partial charge < -0.3 is 10.2 Å². The van der Waals surface area contributed by atoms with Crippen molar-refractivity contribution in [1.82, 2.24) is 14.8 Å². The molecule has 0 amide bonds. The number of Topliss-reactive ketones (excluding diaryl/α,β-unsaturated/α-hetero) is 1. The third kappa shape index (κ3) is 3.68. The molecular formula is C22H29N5OS. The van der Waals surface area contributed by atoms with E-state index in [0.717, 1.165) is 53.2 Å². The molecule has 1 aliphatic carbocycles. The second-order valence-electron chi connectivity index (χ2n) is 7.72. The lowest BCUT2D eigenvalue weighted by molar-refractivity contribution is -0.117. The van der Waals surface area contributed by atoms with Crippen molar-refractivity contribution in [2.24, 2.45) is 5.92 Å². The quantitative estimate of drug-likeness (QED) is 0.706. The second kappa shape index (κ2) is 8.22. The van der Waals surface area contributed by atoms with Crippen LogP contribution in [0.15, 0.2) is 40.7 Å². The number of hydrogen-bond donors (Lipinski definition) is 1. The summed E-state index contributed by atoms with van der Waals surface area (Å²) in [6.45, 7) is 10.5. The van der Waals surface area contributed by atoms with Crippen LogP contribution < -0.4 is 10.2 Å². The maximum Gasteiger partial charge on any atom is 0.227 e. The van der Waals surface area contributed by atoms with E-state index in [4.69, 9.17) is 5.10 Å². The van der Waals surface area contributed by atoms with Crippen LogP contribution in [-0.4, -0.2) is 39.4 Å². The van der Waals surface area contributed by atoms with E-state index in [1.807, 2.05) is 4.68 Å². The molecule has 29 heavy (non-hydrogen) atoms. The lowest BCUT2D eigenvalue weighted by Gasteiger charge is -2.34. The molecule has 1 N–H and O–H groups in total. The number of benzene rings is 1. The van der Waals surface area contributed by atoms with Gasteiger partial charge in [0.25, 0.3) is 0 Å². The maximum atomic E-state index is 13.1. The van der Waals surface area contributed by atoms with Gasteiger partial charge in [-0.25, -0.2) is 4.68 Å². The minimum atomic E-state index is -0.217. The van der Waals surface area contributed by atoms with Crippen LogP contribution in [0.25, 0.3) is 0 Å². The van der Waals surface area contributed by atoms with Crippen LogP contribution in [0.4, 0.5) is 11.6 Å². The number of ketones is 1. The molecule has 0 radical (unpaired) electrons. The normalized spacial score (nSPS) is 20.9. The molecule has 2 aromatic rings. The smallest absolute Gasteiger partial charge is 0.227 e. The maximum absolute atomic E-state index is 13.1. The highest BCUT2D eigenvalue weighted by molar-refractivity contribution is 7.99. The molecule has 4 rings (SSSR count). The average molecular weight is 412 g/mol. The first-order chi connectivity index (χ1) is 14.0. The Morgan fingerprint density at radius 1 is 1.17 bits per heavy atom. The summed E-state index contributed by atoms with van der Waals surface area (Å²) in [7, 11) is 0. The van der Waals surface area contributed by atoms with Gasteiger partial charge in [0.05, 0.1) is 0 Å². The minimum absolute atomic E-state index is 0.217. The first-order valence-electron chi connectivity index (χ1n) is 10.5. The monoisotopic (exact) mass is 411 g/mol. The summed E-state index contributed by atoms with van der Waals surface area (Å²) in [5.74, 6) is 2.21. The molecule has 2 heterocycles. The van der Waals surface area contributed by atoms with Crippen molar-refractivity contribution in [2.75, 3.05) is 29.1 Å². The molecule has 7 heteroatoms. The number of hydrogen-bond acceptors (Lipinski definition) is 6. The number of allylic oxidation sites excluding steroid dienone is 2. The molecule has 0 spiro atoms. The van der Waals surface area contributed by atoms with E-state index in [2.05, 4.69) is 67.2 Å². The minimum Gasteiger partial charge on any atom is -0.372 e. The Morgan fingerprint density at radius 3 is 2.55 bits per heavy atom. The van der Waals surface area contributed by atoms with E-state index in [0.29, 0.717) is 12.3 Å². The number of nitrogens with one attached hydrogen (secondary N) is 1. The summed E-state index contributed by atoms with van der Waals surface area (Å²) >= 11 is 1.62. The van der Waals surface area contributed by atoms with Crippen LogP contribution in [0.2, 0.25) is 0 Å². The van der Waals surface area contributed by atoms with Crippen molar-refractivity contribution >= 4 is 29.2 Å². The van der Waals surface area contributed by atoms with Gasteiger partial charge in [0.1, 0.15) is 6.04 Å². The zero-order valence-corrected chi connectivity index (χ0v) is 18.4. The van der Waals surface area contributed by atoms with E-state index in [1.54, 1.807) is 11.8 Å². The van der Waals surface area contributed by atoms with E-state index in [-0.39, 0.29) is 11.8 Å². The zero-order chi connectivity index (χ0) is 20.5. The van der Waals surface area contributed by atoms with Crippen LogP contribution in [-0.2, 0) is 4.79 Å². The van der Waals surface area contributed by atoms with Crippen LogP contribution in [0.3, 0.4) is 0 Å². The van der Waals surface area contributed by atoms with Gasteiger partial charge >= 0.3 is 0 Å². The van der Waals surface area contributed by atoms with Crippen molar-refractivity contribution in [3.63, 3.8) is 0 Å². The van der Waals surface area contributed by atoms with E-state index in [9.17, 15) is 4.79 Å². The van der Waals surface area contributed by atoms with Crippen LogP contribution in [0.1, 0.15) is 52.1 Å². The van der Waals surface area contributed by atoms with Gasteiger partial charge in [0.15, 0.2) is 5.78 Å². The summed E-state index contributed by atoms with van der Waals surface area (Å²) in [5, 5.41) is 8.90. The van der Waals surface area contributed by atoms with Crippen LogP contribution >= 0.6 is 11.8 Å². The lowest BCUT2D eigenvalue weighted by atomic mass is 9.81. The Bertz CT molecular complexity index is 929. The Labute approximate surface area is 176 Å². The fourth-order valence-electron chi connectivity index (χ4n) is 4.34. The van der Waals surface area contributed by atoms with Gasteiger partial charge in [-0.2, -0.15) is 4.98 Å². The number of nitrogens with zero attached hydrogens (tertiary/aromatic N) is 4. The first-order valence-corrected chi connectivity index (χ1v) is 11.5. The van der Waals surface area contributed by atoms with Gasteiger partial charge in [0, 0.05) is 36.5 Å². The first kappa shape index (κ1) is 20.0. The summed E-state index contributed by atoms with van der Waals surface area (Å²) < 4.78 is 1.90. The number of carbonyl (C=O) groups is 1. The highest BCUT2D eigenvalue weighted by atomic mass is 32.2. The molecule has 0 saturated heterocycles. The molecule has 0 fully saturated rings. The van der Waals surface area contributed by atoms with Crippen molar-refractivity contribution in [3.05, 3.63) is 41.1 Å². The fourth-order valence-corrected chi connectivity index (χ4v) is 4.90. The SMILES string of the molecule is CCSc1nc2n(n1)[C@H](c1ccc(N(CC)CC)cc1)C1=C(C[C@H](C)CC1=O)N2. The molecule has 0 unspecified atom stereocenters. The highest BCUT2D eigenvalue weighted by Crippen LogP contribution is 2.42. The van der Waals surface area contributed by atoms with Crippen molar-refractivity contribution in [1.29, 1.82) is 0 Å². The van der Waals surface area contributed by atoms with E-state index >= 15 is 0 Å². The summed E-state index contributed by atoms with van der Waals surface area (Å²) in [6.07, 6.45) is 1.47. The zero-order valence-electron chi connectivity index (χ0n) is 17.6. The van der Waals surface area contributed by atoms with E-state index in [1.165, 1.54) is 5.69 Å². The van der Waals surface area contributed by atoms with Crippen molar-refractivity contribution < 1.29 is 4.79 Å². The predicted octanol–water partition coefficient (Wildman–Crippen LogP) is 4.50. The van der Waals surface area contributed by atoms with Crippen LogP contribution in [0.5, 0.6) is 0 Å². The molecule has 1 aliphatic heterocycles. The molecule has 0 bridgehead atoms. The largest absolute Gasteiger partial charge is 0.372 e. The Kier molecular flexibility index (Phi) is 5.67. The van der Waals surface area contributed by atoms with Crippen molar-refractivity contribution in [2.45, 2.75) is 51.7 Å². The molecule has 2 atom stereocenters. The molecule has 1 aromatic heterocycles. The number of thioether (sulfide) groups is 1. The van der Waals surface area contributed by atoms with Gasteiger partial charge in [-0.3, -0.25) is 4.79 Å². The lowest BCUT2D eigenvalue weighted by Crippen LogP contribution is -2.33. The second-order valence-corrected chi connectivity index (χ2v) is 8.95. The fraction of sp³-hybridized carbons (Fsp3) is 0.500. The highest BCUT2D eigenvalue weighted by Gasteiger charge is 2.38.